The highest BCUT2D eigenvalue weighted by Gasteiger charge is 2.32. The summed E-state index contributed by atoms with van der Waals surface area (Å²) in [5.41, 5.74) is 1.61. The number of benzene rings is 3. The van der Waals surface area contributed by atoms with Gasteiger partial charge >= 0.3 is 5.97 Å². The second-order valence-corrected chi connectivity index (χ2v) is 8.95. The van der Waals surface area contributed by atoms with Gasteiger partial charge in [0.25, 0.3) is 0 Å². The molecule has 7 heteroatoms. The first-order valence-electron chi connectivity index (χ1n) is 9.37. The summed E-state index contributed by atoms with van der Waals surface area (Å²) in [6.45, 7) is 1.85. The van der Waals surface area contributed by atoms with Crippen LogP contribution >= 0.6 is 0 Å². The van der Waals surface area contributed by atoms with E-state index in [1.165, 1.54) is 19.2 Å². The van der Waals surface area contributed by atoms with Crippen LogP contribution in [0.15, 0.2) is 83.8 Å². The number of sulfonamides is 1. The summed E-state index contributed by atoms with van der Waals surface area (Å²) < 4.78 is 32.4. The van der Waals surface area contributed by atoms with Crippen LogP contribution in [0.5, 0.6) is 11.5 Å². The molecule has 1 N–H and O–H groups in total. The molecule has 0 amide bonds. The van der Waals surface area contributed by atoms with Crippen molar-refractivity contribution in [1.29, 1.82) is 0 Å². The highest BCUT2D eigenvalue weighted by atomic mass is 32.2. The van der Waals surface area contributed by atoms with Gasteiger partial charge in [0, 0.05) is 7.05 Å². The molecule has 3 aromatic rings. The number of likely N-dealkylation sites (N-methyl/N-ethyl adjacent to an activating group) is 1. The van der Waals surface area contributed by atoms with E-state index in [-0.39, 0.29) is 11.3 Å². The summed E-state index contributed by atoms with van der Waals surface area (Å²) in [7, 11) is -2.65. The molecule has 0 saturated carbocycles. The molecule has 0 fully saturated rings. The van der Waals surface area contributed by atoms with Gasteiger partial charge in [-0.1, -0.05) is 48.0 Å². The maximum Gasteiger partial charge on any atom is 0.322 e. The van der Waals surface area contributed by atoms with E-state index in [2.05, 4.69) is 0 Å². The van der Waals surface area contributed by atoms with E-state index in [1.54, 1.807) is 36.4 Å². The monoisotopic (exact) mass is 425 g/mol. The van der Waals surface area contributed by atoms with Gasteiger partial charge in [-0.3, -0.25) is 4.79 Å². The van der Waals surface area contributed by atoms with Crippen LogP contribution < -0.4 is 4.74 Å². The molecule has 156 valence electrons. The molecule has 6 nitrogen and oxygen atoms in total. The third kappa shape index (κ3) is 5.06. The second kappa shape index (κ2) is 9.11. The fraction of sp³-hybridized carbons (Fsp3) is 0.174. The zero-order chi connectivity index (χ0) is 21.7. The molecule has 0 unspecified atom stereocenters. The van der Waals surface area contributed by atoms with Crippen molar-refractivity contribution in [2.45, 2.75) is 24.3 Å². The Hall–Kier alpha value is -3.16. The lowest BCUT2D eigenvalue weighted by atomic mass is 10.1. The Balaban J connectivity index is 1.76. The fourth-order valence-corrected chi connectivity index (χ4v) is 4.27. The lowest BCUT2D eigenvalue weighted by Crippen LogP contribution is -2.43. The maximum absolute atomic E-state index is 12.9. The summed E-state index contributed by atoms with van der Waals surface area (Å²) in [6.07, 6.45) is 0.0303. The molecule has 0 radical (unpaired) electrons. The first kappa shape index (κ1) is 21.5. The molecular weight excluding hydrogens is 402 g/mol. The Kier molecular flexibility index (Phi) is 6.54. The highest BCUT2D eigenvalue weighted by molar-refractivity contribution is 7.89. The third-order valence-electron chi connectivity index (χ3n) is 4.75. The number of carboxylic acid groups (broad SMARTS) is 1. The average Bonchev–Trinajstić information content (AvgIpc) is 2.73. The van der Waals surface area contributed by atoms with Crippen LogP contribution in [-0.2, 0) is 21.2 Å². The van der Waals surface area contributed by atoms with Gasteiger partial charge < -0.3 is 9.84 Å². The maximum atomic E-state index is 12.9. The van der Waals surface area contributed by atoms with Crippen LogP contribution in [0.1, 0.15) is 11.1 Å². The van der Waals surface area contributed by atoms with Gasteiger partial charge in [-0.15, -0.1) is 0 Å². The first-order chi connectivity index (χ1) is 14.3. The number of carbonyl (C=O) groups is 1. The number of aliphatic carboxylic acids is 1. The molecule has 3 aromatic carbocycles. The standard InChI is InChI=1S/C23H23NO5S/c1-17-8-14-21(15-9-17)30(27,28)24(2)22(23(25)26)16-18-10-12-20(13-11-18)29-19-6-4-3-5-7-19/h3-15,22H,16H2,1-2H3,(H,25,26)/t22-/m0/s1. The number of hydrogen-bond donors (Lipinski definition) is 1. The van der Waals surface area contributed by atoms with Crippen molar-refractivity contribution >= 4 is 16.0 Å². The smallest absolute Gasteiger partial charge is 0.322 e. The molecule has 0 aliphatic carbocycles. The molecule has 3 rings (SSSR count). The van der Waals surface area contributed by atoms with Gasteiger partial charge in [-0.2, -0.15) is 4.31 Å². The van der Waals surface area contributed by atoms with Crippen molar-refractivity contribution in [3.8, 4) is 11.5 Å². The zero-order valence-electron chi connectivity index (χ0n) is 16.7. The SMILES string of the molecule is Cc1ccc(S(=O)(=O)N(C)[C@@H](Cc2ccc(Oc3ccccc3)cc2)C(=O)O)cc1. The lowest BCUT2D eigenvalue weighted by Gasteiger charge is -2.24. The number of hydrogen-bond acceptors (Lipinski definition) is 4. The Morgan fingerprint density at radius 2 is 1.50 bits per heavy atom. The minimum absolute atomic E-state index is 0.0303. The van der Waals surface area contributed by atoms with Crippen LogP contribution in [0.25, 0.3) is 0 Å². The molecule has 30 heavy (non-hydrogen) atoms. The van der Waals surface area contributed by atoms with Crippen molar-refractivity contribution in [3.63, 3.8) is 0 Å². The summed E-state index contributed by atoms with van der Waals surface area (Å²) >= 11 is 0. The fourth-order valence-electron chi connectivity index (χ4n) is 2.96. The van der Waals surface area contributed by atoms with Crippen molar-refractivity contribution in [2.24, 2.45) is 0 Å². The van der Waals surface area contributed by atoms with Crippen molar-refractivity contribution in [2.75, 3.05) is 7.05 Å². The van der Waals surface area contributed by atoms with E-state index < -0.39 is 22.0 Å². The van der Waals surface area contributed by atoms with Gasteiger partial charge in [0.2, 0.25) is 10.0 Å². The number of nitrogens with zero attached hydrogens (tertiary/aromatic N) is 1. The topological polar surface area (TPSA) is 83.9 Å². The van der Waals surface area contributed by atoms with E-state index >= 15 is 0 Å². The number of aryl methyl sites for hydroxylation is 1. The Morgan fingerprint density at radius 1 is 0.933 bits per heavy atom. The van der Waals surface area contributed by atoms with E-state index in [1.807, 2.05) is 37.3 Å². The zero-order valence-corrected chi connectivity index (χ0v) is 17.5. The average molecular weight is 426 g/mol. The van der Waals surface area contributed by atoms with Crippen LogP contribution in [0, 0.1) is 6.92 Å². The van der Waals surface area contributed by atoms with Gasteiger partial charge in [0.1, 0.15) is 17.5 Å². The summed E-state index contributed by atoms with van der Waals surface area (Å²) in [5, 5.41) is 9.68. The van der Waals surface area contributed by atoms with Crippen LogP contribution in [0.2, 0.25) is 0 Å². The third-order valence-corrected chi connectivity index (χ3v) is 6.63. The summed E-state index contributed by atoms with van der Waals surface area (Å²) in [4.78, 5) is 11.9. The van der Waals surface area contributed by atoms with Crippen molar-refractivity contribution < 1.29 is 23.1 Å². The molecule has 0 bridgehead atoms. The minimum atomic E-state index is -3.94. The predicted molar refractivity (Wildman–Crippen MR) is 114 cm³/mol. The van der Waals surface area contributed by atoms with E-state index in [0.717, 1.165) is 9.87 Å². The van der Waals surface area contributed by atoms with Gasteiger partial charge in [0.15, 0.2) is 0 Å². The molecule has 0 heterocycles. The van der Waals surface area contributed by atoms with Crippen molar-refractivity contribution in [3.05, 3.63) is 90.0 Å². The Labute approximate surface area is 176 Å². The Bertz CT molecular complexity index is 1090. The summed E-state index contributed by atoms with van der Waals surface area (Å²) in [5.74, 6) is 0.0906. The number of para-hydroxylation sites is 1. The van der Waals surface area contributed by atoms with Crippen LogP contribution in [0.3, 0.4) is 0 Å². The molecular formula is C23H23NO5S. The van der Waals surface area contributed by atoms with Crippen molar-refractivity contribution in [1.82, 2.24) is 4.31 Å². The molecule has 0 saturated heterocycles. The van der Waals surface area contributed by atoms with Gasteiger partial charge in [-0.05, 0) is 55.3 Å². The molecule has 1 atom stereocenters. The summed E-state index contributed by atoms with van der Waals surface area (Å²) in [6, 6.07) is 21.3. The number of ether oxygens (including phenoxy) is 1. The minimum Gasteiger partial charge on any atom is -0.480 e. The largest absolute Gasteiger partial charge is 0.480 e. The van der Waals surface area contributed by atoms with E-state index in [4.69, 9.17) is 4.74 Å². The Morgan fingerprint density at radius 3 is 2.07 bits per heavy atom. The van der Waals surface area contributed by atoms with E-state index in [9.17, 15) is 18.3 Å². The normalized spacial score (nSPS) is 12.5. The second-order valence-electron chi connectivity index (χ2n) is 6.95. The first-order valence-corrected chi connectivity index (χ1v) is 10.8. The van der Waals surface area contributed by atoms with Gasteiger partial charge in [0.05, 0.1) is 4.90 Å². The molecule has 0 aromatic heterocycles. The molecule has 0 aliphatic heterocycles. The van der Waals surface area contributed by atoms with Crippen LogP contribution in [-0.4, -0.2) is 36.9 Å². The molecule has 0 spiro atoms. The predicted octanol–water partition coefficient (Wildman–Crippen LogP) is 4.10. The number of rotatable bonds is 8. The highest BCUT2D eigenvalue weighted by Crippen LogP contribution is 2.23. The van der Waals surface area contributed by atoms with Crippen LogP contribution in [0.4, 0.5) is 0 Å². The molecule has 0 aliphatic rings. The van der Waals surface area contributed by atoms with E-state index in [0.29, 0.717) is 17.1 Å². The number of carboxylic acids is 1. The quantitative estimate of drug-likeness (QED) is 0.587. The lowest BCUT2D eigenvalue weighted by molar-refractivity contribution is -0.141. The van der Waals surface area contributed by atoms with Gasteiger partial charge in [-0.25, -0.2) is 8.42 Å².